The zero-order chi connectivity index (χ0) is 24.3. The van der Waals surface area contributed by atoms with Crippen molar-refractivity contribution in [2.24, 2.45) is 5.92 Å². The molecule has 0 heterocycles. The van der Waals surface area contributed by atoms with E-state index in [0.717, 1.165) is 12.4 Å². The van der Waals surface area contributed by atoms with Crippen LogP contribution >= 0.6 is 0 Å². The molecular weight excluding hydrogens is 419 g/mol. The van der Waals surface area contributed by atoms with Crippen molar-refractivity contribution in [1.82, 2.24) is 5.32 Å². The number of carbonyl (C=O) groups is 4. The molecule has 9 heteroatoms. The van der Waals surface area contributed by atoms with Gasteiger partial charge in [-0.15, -0.1) is 0 Å². The summed E-state index contributed by atoms with van der Waals surface area (Å²) in [6, 6.07) is 1.44. The molecule has 1 aliphatic rings. The van der Waals surface area contributed by atoms with Crippen molar-refractivity contribution >= 4 is 29.9 Å². The second kappa shape index (κ2) is 9.67. The Bertz CT molecular complexity index is 871. The van der Waals surface area contributed by atoms with Gasteiger partial charge in [-0.25, -0.2) is 9.18 Å². The second-order valence-electron chi connectivity index (χ2n) is 9.88. The van der Waals surface area contributed by atoms with Crippen molar-refractivity contribution in [1.29, 1.82) is 0 Å². The fourth-order valence-electron chi connectivity index (χ4n) is 3.33. The fourth-order valence-corrected chi connectivity index (χ4v) is 3.33. The molecule has 32 heavy (non-hydrogen) atoms. The smallest absolute Gasteiger partial charge is 0.408 e. The number of anilines is 1. The third kappa shape index (κ3) is 7.62. The molecule has 8 nitrogen and oxygen atoms in total. The van der Waals surface area contributed by atoms with Crippen LogP contribution in [0.1, 0.15) is 59.1 Å². The quantitative estimate of drug-likeness (QED) is 0.508. The second-order valence-corrected chi connectivity index (χ2v) is 9.88. The number of nitrogens with one attached hydrogen (secondary N) is 2. The topological polar surface area (TPSA) is 111 Å². The summed E-state index contributed by atoms with van der Waals surface area (Å²) >= 11 is 0. The number of hydrogen-bond acceptors (Lipinski definition) is 6. The normalized spacial score (nSPS) is 16.5. The highest BCUT2D eigenvalue weighted by Gasteiger charge is 2.30. The summed E-state index contributed by atoms with van der Waals surface area (Å²) in [6.07, 6.45) is 0.176. The van der Waals surface area contributed by atoms with Gasteiger partial charge in [0.1, 0.15) is 29.3 Å². The van der Waals surface area contributed by atoms with Gasteiger partial charge in [0.15, 0.2) is 0 Å². The lowest BCUT2D eigenvalue weighted by Gasteiger charge is -2.24. The SMILES string of the molecule is CC(C)(C)OC(=O)C[C@H](NC(=O)OC(C)(C)C)C(=O)Nc1cc(F)c2c(c1)CC(C=O)C2. The van der Waals surface area contributed by atoms with Gasteiger partial charge in [0, 0.05) is 11.6 Å². The number of benzene rings is 1. The number of esters is 1. The fraction of sp³-hybridized carbons (Fsp3) is 0.565. The van der Waals surface area contributed by atoms with Crippen molar-refractivity contribution in [3.63, 3.8) is 0 Å². The van der Waals surface area contributed by atoms with E-state index in [-0.39, 0.29) is 11.6 Å². The number of aldehydes is 1. The minimum Gasteiger partial charge on any atom is -0.460 e. The Kier molecular flexibility index (Phi) is 7.64. The van der Waals surface area contributed by atoms with Gasteiger partial charge < -0.3 is 24.9 Å². The molecule has 0 saturated carbocycles. The van der Waals surface area contributed by atoms with Gasteiger partial charge >= 0.3 is 12.1 Å². The standard InChI is InChI=1S/C23H31FN2O6/c1-22(2,3)31-19(28)11-18(26-21(30)32-23(4,5)6)20(29)25-15-9-14-7-13(12-27)8-16(14)17(24)10-15/h9-10,12-13,18H,7-8,11H2,1-6H3,(H,25,29)(H,26,30)/t13?,18-/m0/s1. The summed E-state index contributed by atoms with van der Waals surface area (Å²) in [6.45, 7) is 10.0. The minimum atomic E-state index is -1.31. The van der Waals surface area contributed by atoms with E-state index in [9.17, 15) is 23.6 Å². The van der Waals surface area contributed by atoms with E-state index in [2.05, 4.69) is 10.6 Å². The molecule has 1 aromatic carbocycles. The molecule has 1 aromatic rings. The van der Waals surface area contributed by atoms with Crippen molar-refractivity contribution < 1.29 is 33.0 Å². The highest BCUT2D eigenvalue weighted by Crippen LogP contribution is 2.31. The van der Waals surface area contributed by atoms with E-state index in [1.165, 1.54) is 0 Å². The van der Waals surface area contributed by atoms with Crippen molar-refractivity contribution in [3.8, 4) is 0 Å². The van der Waals surface area contributed by atoms with Gasteiger partial charge in [-0.05, 0) is 77.6 Å². The Morgan fingerprint density at radius 1 is 1.09 bits per heavy atom. The Balaban J connectivity index is 2.18. The molecule has 1 aliphatic carbocycles. The maximum atomic E-state index is 14.5. The number of fused-ring (bicyclic) bond motifs is 1. The van der Waals surface area contributed by atoms with Gasteiger partial charge in [0.05, 0.1) is 6.42 Å². The van der Waals surface area contributed by atoms with Crippen LogP contribution in [0.4, 0.5) is 14.9 Å². The van der Waals surface area contributed by atoms with Crippen LogP contribution in [0.5, 0.6) is 0 Å². The Morgan fingerprint density at radius 3 is 2.28 bits per heavy atom. The van der Waals surface area contributed by atoms with Crippen LogP contribution in [0.2, 0.25) is 0 Å². The first-order valence-corrected chi connectivity index (χ1v) is 10.5. The van der Waals surface area contributed by atoms with Gasteiger partial charge in [-0.2, -0.15) is 0 Å². The lowest BCUT2D eigenvalue weighted by atomic mass is 10.1. The summed E-state index contributed by atoms with van der Waals surface area (Å²) in [5.41, 5.74) is -0.325. The molecule has 0 fully saturated rings. The summed E-state index contributed by atoms with van der Waals surface area (Å²) in [7, 11) is 0. The largest absolute Gasteiger partial charge is 0.460 e. The number of amides is 2. The van der Waals surface area contributed by atoms with Crippen LogP contribution in [0.15, 0.2) is 12.1 Å². The number of carbonyl (C=O) groups excluding carboxylic acids is 4. The maximum Gasteiger partial charge on any atom is 0.408 e. The Labute approximate surface area is 187 Å². The zero-order valence-electron chi connectivity index (χ0n) is 19.3. The van der Waals surface area contributed by atoms with Gasteiger partial charge in [0.25, 0.3) is 0 Å². The molecular formula is C23H31FN2O6. The zero-order valence-corrected chi connectivity index (χ0v) is 19.3. The molecule has 176 valence electrons. The lowest BCUT2D eigenvalue weighted by molar-refractivity contribution is -0.156. The molecule has 0 saturated heterocycles. The van der Waals surface area contributed by atoms with Gasteiger partial charge in [-0.3, -0.25) is 9.59 Å². The Hall–Kier alpha value is -2.97. The van der Waals surface area contributed by atoms with Crippen LogP contribution in [-0.4, -0.2) is 41.5 Å². The molecule has 0 aliphatic heterocycles. The summed E-state index contributed by atoms with van der Waals surface area (Å²) in [5, 5.41) is 4.92. The third-order valence-electron chi connectivity index (χ3n) is 4.49. The van der Waals surface area contributed by atoms with E-state index in [0.29, 0.717) is 24.0 Å². The van der Waals surface area contributed by atoms with Crippen molar-refractivity contribution in [3.05, 3.63) is 29.1 Å². The summed E-state index contributed by atoms with van der Waals surface area (Å²) in [4.78, 5) is 48.4. The first-order valence-electron chi connectivity index (χ1n) is 10.5. The lowest BCUT2D eigenvalue weighted by Crippen LogP contribution is -2.47. The molecule has 2 amide bonds. The highest BCUT2D eigenvalue weighted by atomic mass is 19.1. The number of alkyl carbamates (subject to hydrolysis) is 1. The summed E-state index contributed by atoms with van der Waals surface area (Å²) < 4.78 is 24.9. The first-order chi connectivity index (χ1) is 14.7. The van der Waals surface area contributed by atoms with Gasteiger partial charge in [-0.1, -0.05) is 0 Å². The van der Waals surface area contributed by atoms with Crippen molar-refractivity contribution in [2.45, 2.75) is 78.0 Å². The number of hydrogen-bond donors (Lipinski definition) is 2. The van der Waals surface area contributed by atoms with Crippen molar-refractivity contribution in [2.75, 3.05) is 5.32 Å². The van der Waals surface area contributed by atoms with Gasteiger partial charge in [0.2, 0.25) is 5.91 Å². The molecule has 2 atom stereocenters. The molecule has 2 rings (SSSR count). The van der Waals surface area contributed by atoms with Crippen LogP contribution < -0.4 is 10.6 Å². The van der Waals surface area contributed by atoms with Crippen LogP contribution in [-0.2, 0) is 36.7 Å². The number of ether oxygens (including phenoxy) is 2. The first kappa shape index (κ1) is 25.3. The maximum absolute atomic E-state index is 14.5. The third-order valence-corrected chi connectivity index (χ3v) is 4.49. The van der Waals surface area contributed by atoms with Crippen LogP contribution in [0, 0.1) is 11.7 Å². The monoisotopic (exact) mass is 450 g/mol. The van der Waals surface area contributed by atoms with E-state index >= 15 is 0 Å². The highest BCUT2D eigenvalue weighted by molar-refractivity contribution is 5.98. The molecule has 1 unspecified atom stereocenters. The molecule has 0 aromatic heterocycles. The molecule has 0 spiro atoms. The van der Waals surface area contributed by atoms with E-state index in [4.69, 9.17) is 9.47 Å². The van der Waals surface area contributed by atoms with Crippen LogP contribution in [0.3, 0.4) is 0 Å². The number of rotatable bonds is 6. The molecule has 0 radical (unpaired) electrons. The average Bonchev–Trinajstić information content (AvgIpc) is 3.01. The predicted molar refractivity (Wildman–Crippen MR) is 116 cm³/mol. The van der Waals surface area contributed by atoms with Crippen LogP contribution in [0.25, 0.3) is 0 Å². The minimum absolute atomic E-state index is 0.165. The number of halogens is 1. The predicted octanol–water partition coefficient (Wildman–Crippen LogP) is 3.30. The Morgan fingerprint density at radius 2 is 1.72 bits per heavy atom. The summed E-state index contributed by atoms with van der Waals surface area (Å²) in [5.74, 6) is -2.24. The van der Waals surface area contributed by atoms with E-state index < -0.39 is 47.5 Å². The molecule has 0 bridgehead atoms. The van der Waals surface area contributed by atoms with E-state index in [1.807, 2.05) is 0 Å². The van der Waals surface area contributed by atoms with E-state index in [1.54, 1.807) is 47.6 Å². The molecule has 2 N–H and O–H groups in total. The average molecular weight is 451 g/mol.